The number of nitrogens with zero attached hydrogens (tertiary/aromatic N) is 2. The lowest BCUT2D eigenvalue weighted by atomic mass is 10.2. The zero-order valence-electron chi connectivity index (χ0n) is 33.3. The lowest BCUT2D eigenvalue weighted by Crippen LogP contribution is -2.26. The quantitative estimate of drug-likeness (QED) is 0.140. The van der Waals surface area contributed by atoms with Crippen LogP contribution in [-0.2, 0) is 38.0 Å². The number of rotatable bonds is 6. The highest BCUT2D eigenvalue weighted by Gasteiger charge is 2.10. The Morgan fingerprint density at radius 1 is 0.582 bits per heavy atom. The van der Waals surface area contributed by atoms with Crippen LogP contribution in [-0.4, -0.2) is 115 Å². The summed E-state index contributed by atoms with van der Waals surface area (Å²) < 4.78 is 34.3. The van der Waals surface area contributed by atoms with Gasteiger partial charge in [0.25, 0.3) is 0 Å². The number of guanidine groups is 1. The minimum Gasteiger partial charge on any atom is -0.461 e. The molecule has 0 bridgehead atoms. The second-order valence-corrected chi connectivity index (χ2v) is 12.8. The van der Waals surface area contributed by atoms with Gasteiger partial charge in [0, 0.05) is 25.9 Å². The molecule has 1 aliphatic heterocycles. The Kier molecular flexibility index (Phi) is 32.8. The van der Waals surface area contributed by atoms with E-state index in [0.29, 0.717) is 91.1 Å². The molecule has 0 aliphatic carbocycles. The number of esters is 2. The van der Waals surface area contributed by atoms with E-state index in [-0.39, 0.29) is 43.3 Å². The number of cyclic esters (lactones) is 2. The predicted octanol–water partition coefficient (Wildman–Crippen LogP) is 6.08. The molecule has 0 aromatic carbocycles. The van der Waals surface area contributed by atoms with Gasteiger partial charge in [0.05, 0.1) is 51.8 Å². The van der Waals surface area contributed by atoms with Gasteiger partial charge in [-0.05, 0) is 65.5 Å². The SMILES string of the molecule is CN(C)CCC1COCC=CCC=CCCC(=O)OCC=CCC=CCOCC(CCN=C(N)N)OCC=CCC=CCOC(=O)CCC=CCC=CCO1. The first-order valence-corrected chi connectivity index (χ1v) is 19.5. The van der Waals surface area contributed by atoms with E-state index in [9.17, 15) is 9.59 Å². The summed E-state index contributed by atoms with van der Waals surface area (Å²) in [5, 5.41) is 0. The highest BCUT2D eigenvalue weighted by Crippen LogP contribution is 2.05. The number of carbonyl (C=O) groups is 2. The third-order valence-electron chi connectivity index (χ3n) is 7.67. The average Bonchev–Trinajstić information content (AvgIpc) is 3.15. The van der Waals surface area contributed by atoms with Crippen LogP contribution in [0.3, 0.4) is 0 Å². The first-order chi connectivity index (χ1) is 26.9. The van der Waals surface area contributed by atoms with Crippen molar-refractivity contribution in [2.45, 2.75) is 76.4 Å². The number of carbonyl (C=O) groups excluding carboxylic acids is 2. The minimum absolute atomic E-state index is 0.00154. The summed E-state index contributed by atoms with van der Waals surface area (Å²) in [5.74, 6) is -0.395. The summed E-state index contributed by atoms with van der Waals surface area (Å²) >= 11 is 0. The second-order valence-electron chi connectivity index (χ2n) is 12.8. The number of allylic oxidation sites excluding steroid dienone is 10. The van der Waals surface area contributed by atoms with E-state index in [2.05, 4.69) is 22.0 Å². The van der Waals surface area contributed by atoms with Gasteiger partial charge < -0.3 is 44.8 Å². The predicted molar refractivity (Wildman–Crippen MR) is 222 cm³/mol. The maximum atomic E-state index is 12.1. The molecule has 0 amide bonds. The van der Waals surface area contributed by atoms with Crippen LogP contribution in [0.5, 0.6) is 0 Å². The van der Waals surface area contributed by atoms with Crippen molar-refractivity contribution in [3.05, 3.63) is 97.2 Å². The van der Waals surface area contributed by atoms with Gasteiger partial charge in [-0.3, -0.25) is 14.6 Å². The topological polar surface area (TPSA) is 157 Å². The number of aliphatic imine (C=N–C) groups is 1. The van der Waals surface area contributed by atoms with Gasteiger partial charge in [-0.1, -0.05) is 97.2 Å². The summed E-state index contributed by atoms with van der Waals surface area (Å²) in [6.45, 7) is 4.66. The van der Waals surface area contributed by atoms with E-state index in [0.717, 1.165) is 25.8 Å². The molecule has 1 aliphatic rings. The molecule has 0 fully saturated rings. The average molecular weight is 769 g/mol. The Labute approximate surface area is 330 Å². The molecule has 0 saturated heterocycles. The van der Waals surface area contributed by atoms with Crippen LogP contribution in [0.1, 0.15) is 64.2 Å². The lowest BCUT2D eigenvalue weighted by Gasteiger charge is -2.19. The van der Waals surface area contributed by atoms with E-state index in [1.165, 1.54) is 0 Å². The Balaban J connectivity index is 2.63. The Bertz CT molecular complexity index is 1250. The van der Waals surface area contributed by atoms with Crippen LogP contribution < -0.4 is 11.5 Å². The van der Waals surface area contributed by atoms with Gasteiger partial charge in [0.2, 0.25) is 0 Å². The fraction of sp³-hybridized carbons (Fsp3) is 0.558. The van der Waals surface area contributed by atoms with Crippen molar-refractivity contribution in [3.8, 4) is 0 Å². The van der Waals surface area contributed by atoms with Crippen molar-refractivity contribution in [1.29, 1.82) is 0 Å². The Morgan fingerprint density at radius 3 is 1.42 bits per heavy atom. The van der Waals surface area contributed by atoms with Gasteiger partial charge in [-0.15, -0.1) is 0 Å². The van der Waals surface area contributed by atoms with E-state index in [1.54, 1.807) is 0 Å². The molecular weight excluding hydrogens is 700 g/mol. The lowest BCUT2D eigenvalue weighted by molar-refractivity contribution is -0.143. The van der Waals surface area contributed by atoms with E-state index in [1.807, 2.05) is 99.2 Å². The van der Waals surface area contributed by atoms with Crippen LogP contribution in [0.2, 0.25) is 0 Å². The Morgan fingerprint density at radius 2 is 0.982 bits per heavy atom. The van der Waals surface area contributed by atoms with Gasteiger partial charge in [0.15, 0.2) is 5.96 Å². The monoisotopic (exact) mass is 769 g/mol. The van der Waals surface area contributed by atoms with Crippen LogP contribution in [0.15, 0.2) is 102 Å². The highest BCUT2D eigenvalue weighted by atomic mass is 16.5. The second kappa shape index (κ2) is 36.9. The molecular formula is C43H68N4O8. The molecule has 4 N–H and O–H groups in total. The molecule has 0 aromatic rings. The normalized spacial score (nSPS) is 21.3. The van der Waals surface area contributed by atoms with Crippen LogP contribution >= 0.6 is 0 Å². The fourth-order valence-corrected chi connectivity index (χ4v) is 4.64. The summed E-state index contributed by atoms with van der Waals surface area (Å²) in [6.07, 6.45) is 37.8. The standard InChI is InChI=1S/C43H68N4O8/c1-47(2)30-28-40-38-51-32-19-11-5-3-9-17-25-41(48)54-35-23-15-7-12-20-31-50-37-39(27-29-46-43(44)45)52-33-22-14-8-16-24-36-55-42(49)26-18-10-4-6-13-21-34-53-40/h3-4,9-16,19-24,39-40H,5-8,17-18,25-38H2,1-2H3,(H4,44,45,46). The van der Waals surface area contributed by atoms with Crippen LogP contribution in [0.25, 0.3) is 0 Å². The first-order valence-electron chi connectivity index (χ1n) is 19.5. The maximum Gasteiger partial charge on any atom is 0.306 e. The minimum atomic E-state index is -0.221. The molecule has 12 nitrogen and oxygen atoms in total. The molecule has 2 unspecified atom stereocenters. The van der Waals surface area contributed by atoms with E-state index >= 15 is 0 Å². The summed E-state index contributed by atoms with van der Waals surface area (Å²) in [7, 11) is 4.10. The summed E-state index contributed by atoms with van der Waals surface area (Å²) in [5.41, 5.74) is 10.9. The van der Waals surface area contributed by atoms with Gasteiger partial charge >= 0.3 is 11.9 Å². The molecule has 0 saturated carbocycles. The molecule has 1 rings (SSSR count). The molecule has 308 valence electrons. The van der Waals surface area contributed by atoms with Crippen molar-refractivity contribution in [3.63, 3.8) is 0 Å². The fourth-order valence-electron chi connectivity index (χ4n) is 4.64. The maximum absolute atomic E-state index is 12.1. The molecule has 12 heteroatoms. The smallest absolute Gasteiger partial charge is 0.306 e. The number of ether oxygens (including phenoxy) is 6. The largest absolute Gasteiger partial charge is 0.461 e. The summed E-state index contributed by atoms with van der Waals surface area (Å²) in [4.78, 5) is 30.3. The van der Waals surface area contributed by atoms with E-state index in [4.69, 9.17) is 39.9 Å². The van der Waals surface area contributed by atoms with Gasteiger partial charge in [0.1, 0.15) is 13.2 Å². The molecule has 0 radical (unpaired) electrons. The number of nitrogens with two attached hydrogens (primary N) is 2. The van der Waals surface area contributed by atoms with Crippen LogP contribution in [0, 0.1) is 0 Å². The first kappa shape index (κ1) is 48.9. The third kappa shape index (κ3) is 35.4. The zero-order valence-corrected chi connectivity index (χ0v) is 33.3. The van der Waals surface area contributed by atoms with Crippen molar-refractivity contribution in [2.75, 3.05) is 80.0 Å². The molecule has 55 heavy (non-hydrogen) atoms. The van der Waals surface area contributed by atoms with Gasteiger partial charge in [-0.25, -0.2) is 0 Å². The van der Waals surface area contributed by atoms with E-state index < -0.39 is 0 Å². The molecule has 1 heterocycles. The zero-order chi connectivity index (χ0) is 39.9. The van der Waals surface area contributed by atoms with Crippen LogP contribution in [0.4, 0.5) is 0 Å². The Hall–Kier alpha value is -4.07. The van der Waals surface area contributed by atoms with Crippen molar-refractivity contribution in [1.82, 2.24) is 4.90 Å². The highest BCUT2D eigenvalue weighted by molar-refractivity contribution is 5.75. The number of hydrogen-bond acceptors (Lipinski definition) is 10. The third-order valence-corrected chi connectivity index (χ3v) is 7.67. The molecule has 0 aromatic heterocycles. The summed E-state index contributed by atoms with van der Waals surface area (Å²) in [6, 6.07) is 0. The molecule has 2 atom stereocenters. The molecule has 0 spiro atoms. The van der Waals surface area contributed by atoms with Crippen molar-refractivity contribution in [2.24, 2.45) is 16.5 Å². The van der Waals surface area contributed by atoms with Crippen molar-refractivity contribution >= 4 is 17.9 Å². The number of hydrogen-bond donors (Lipinski definition) is 2. The van der Waals surface area contributed by atoms with Crippen molar-refractivity contribution < 1.29 is 38.0 Å². The van der Waals surface area contributed by atoms with Gasteiger partial charge in [-0.2, -0.15) is 0 Å².